The summed E-state index contributed by atoms with van der Waals surface area (Å²) in [5.74, 6) is 0.973. The topological polar surface area (TPSA) is 108 Å². The van der Waals surface area contributed by atoms with Crippen molar-refractivity contribution >= 4 is 29.3 Å². The smallest absolute Gasteiger partial charge is 0.255 e. The van der Waals surface area contributed by atoms with Crippen LogP contribution >= 0.6 is 0 Å². The molecule has 0 aromatic heterocycles. The van der Waals surface area contributed by atoms with E-state index in [4.69, 9.17) is 6.42 Å². The fourth-order valence-corrected chi connectivity index (χ4v) is 3.73. The number of fused-ring (bicyclic) bond motifs is 1. The quantitative estimate of drug-likeness (QED) is 0.574. The van der Waals surface area contributed by atoms with Gasteiger partial charge in [0.2, 0.25) is 17.7 Å². The molecule has 1 fully saturated rings. The molecule has 1 atom stereocenters. The molecule has 1 aliphatic heterocycles. The van der Waals surface area contributed by atoms with Crippen molar-refractivity contribution < 1.29 is 19.2 Å². The molecule has 32 heavy (non-hydrogen) atoms. The van der Waals surface area contributed by atoms with E-state index in [1.807, 2.05) is 0 Å². The molecule has 0 saturated heterocycles. The van der Waals surface area contributed by atoms with Crippen molar-refractivity contribution in [3.05, 3.63) is 65.2 Å². The van der Waals surface area contributed by atoms with Crippen LogP contribution in [0.2, 0.25) is 0 Å². The number of hydrogen-bond donors (Lipinski definition) is 3. The molecule has 1 heterocycles. The van der Waals surface area contributed by atoms with E-state index in [1.165, 1.54) is 0 Å². The Morgan fingerprint density at radius 1 is 1.00 bits per heavy atom. The van der Waals surface area contributed by atoms with E-state index < -0.39 is 23.8 Å². The number of hydrogen-bond acceptors (Lipinski definition) is 4. The van der Waals surface area contributed by atoms with Gasteiger partial charge in [-0.15, -0.1) is 6.42 Å². The van der Waals surface area contributed by atoms with Gasteiger partial charge in [0.05, 0.1) is 13.1 Å². The van der Waals surface area contributed by atoms with Gasteiger partial charge in [-0.3, -0.25) is 19.2 Å². The van der Waals surface area contributed by atoms with Gasteiger partial charge in [0.15, 0.2) is 0 Å². The zero-order valence-corrected chi connectivity index (χ0v) is 17.3. The second kappa shape index (κ2) is 8.94. The lowest BCUT2D eigenvalue weighted by atomic mass is 10.0. The third kappa shape index (κ3) is 4.47. The van der Waals surface area contributed by atoms with Crippen molar-refractivity contribution in [1.82, 2.24) is 15.5 Å². The van der Waals surface area contributed by atoms with Crippen LogP contribution in [0, 0.1) is 12.3 Å². The molecule has 1 aliphatic carbocycles. The number of amides is 4. The third-order valence-electron chi connectivity index (χ3n) is 5.37. The van der Waals surface area contributed by atoms with Gasteiger partial charge < -0.3 is 20.9 Å². The van der Waals surface area contributed by atoms with Crippen LogP contribution in [0.25, 0.3) is 0 Å². The standard InChI is InChI=1S/C24H22N4O4/c1-2-15-6-5-7-16(12-15)27-21(30)14-25-20(29)13-26-23(31)22-18-8-3-4-9-19(18)24(32)28(22)17-10-11-17/h1,3-9,12,17,22H,10-11,13-14H2,(H,25,29)(H,26,31)(H,27,30). The summed E-state index contributed by atoms with van der Waals surface area (Å²) in [5, 5.41) is 7.70. The molecular formula is C24H22N4O4. The average molecular weight is 430 g/mol. The van der Waals surface area contributed by atoms with E-state index in [-0.39, 0.29) is 25.0 Å². The maximum absolute atomic E-state index is 12.9. The summed E-state index contributed by atoms with van der Waals surface area (Å²) in [6, 6.07) is 13.1. The van der Waals surface area contributed by atoms with Crippen molar-refractivity contribution in [2.75, 3.05) is 18.4 Å². The van der Waals surface area contributed by atoms with Crippen molar-refractivity contribution in [2.24, 2.45) is 0 Å². The number of nitrogens with one attached hydrogen (secondary N) is 3. The Morgan fingerprint density at radius 3 is 2.50 bits per heavy atom. The Bertz CT molecular complexity index is 1130. The molecule has 1 unspecified atom stereocenters. The Morgan fingerprint density at radius 2 is 1.75 bits per heavy atom. The average Bonchev–Trinajstić information content (AvgIpc) is 3.60. The lowest BCUT2D eigenvalue weighted by molar-refractivity contribution is -0.129. The van der Waals surface area contributed by atoms with Crippen molar-refractivity contribution in [3.63, 3.8) is 0 Å². The van der Waals surface area contributed by atoms with Crippen LogP contribution in [0.15, 0.2) is 48.5 Å². The number of carbonyl (C=O) groups excluding carboxylic acids is 4. The van der Waals surface area contributed by atoms with Crippen LogP contribution in [0.5, 0.6) is 0 Å². The zero-order valence-electron chi connectivity index (χ0n) is 17.3. The Kier molecular flexibility index (Phi) is 5.90. The lowest BCUT2D eigenvalue weighted by Crippen LogP contribution is -2.44. The predicted octanol–water partition coefficient (Wildman–Crippen LogP) is 1.20. The first kappa shape index (κ1) is 21.1. The number of carbonyl (C=O) groups is 4. The number of nitrogens with zero attached hydrogens (tertiary/aromatic N) is 1. The molecule has 4 amide bonds. The lowest BCUT2D eigenvalue weighted by Gasteiger charge is -2.24. The van der Waals surface area contributed by atoms with Crippen LogP contribution in [0.3, 0.4) is 0 Å². The molecule has 1 saturated carbocycles. The zero-order chi connectivity index (χ0) is 22.7. The van der Waals surface area contributed by atoms with Gasteiger partial charge in [-0.05, 0) is 42.7 Å². The highest BCUT2D eigenvalue weighted by molar-refractivity contribution is 6.05. The predicted molar refractivity (Wildman–Crippen MR) is 117 cm³/mol. The fourth-order valence-electron chi connectivity index (χ4n) is 3.73. The summed E-state index contributed by atoms with van der Waals surface area (Å²) in [4.78, 5) is 51.4. The summed E-state index contributed by atoms with van der Waals surface area (Å²) in [6.45, 7) is -0.558. The first-order chi connectivity index (χ1) is 15.5. The number of terminal acetylenes is 1. The van der Waals surface area contributed by atoms with E-state index in [0.717, 1.165) is 12.8 Å². The van der Waals surface area contributed by atoms with Crippen molar-refractivity contribution in [3.8, 4) is 12.3 Å². The van der Waals surface area contributed by atoms with Crippen LogP contribution in [-0.2, 0) is 14.4 Å². The number of rotatable bonds is 7. The summed E-state index contributed by atoms with van der Waals surface area (Å²) in [5.41, 5.74) is 2.32. The van der Waals surface area contributed by atoms with Crippen LogP contribution < -0.4 is 16.0 Å². The number of benzene rings is 2. The Balaban J connectivity index is 1.29. The summed E-state index contributed by atoms with van der Waals surface area (Å²) < 4.78 is 0. The molecule has 2 aromatic carbocycles. The third-order valence-corrected chi connectivity index (χ3v) is 5.37. The highest BCUT2D eigenvalue weighted by Gasteiger charge is 2.47. The van der Waals surface area contributed by atoms with E-state index in [9.17, 15) is 19.2 Å². The molecule has 8 heteroatoms. The fraction of sp³-hybridized carbons (Fsp3) is 0.250. The molecule has 2 aliphatic rings. The molecule has 8 nitrogen and oxygen atoms in total. The molecular weight excluding hydrogens is 408 g/mol. The number of anilines is 1. The van der Waals surface area contributed by atoms with Gasteiger partial charge in [0.25, 0.3) is 5.91 Å². The maximum Gasteiger partial charge on any atom is 0.255 e. The SMILES string of the molecule is C#Cc1cccc(NC(=O)CNC(=O)CNC(=O)C2c3ccccc3C(=O)N2C2CC2)c1. The summed E-state index contributed by atoms with van der Waals surface area (Å²) in [6.07, 6.45) is 7.07. The summed E-state index contributed by atoms with van der Waals surface area (Å²) in [7, 11) is 0. The van der Waals surface area contributed by atoms with E-state index in [0.29, 0.717) is 22.4 Å². The Hall–Kier alpha value is -4.12. The molecule has 0 radical (unpaired) electrons. The van der Waals surface area contributed by atoms with Gasteiger partial charge in [0.1, 0.15) is 6.04 Å². The van der Waals surface area contributed by atoms with E-state index in [1.54, 1.807) is 53.4 Å². The Labute approximate surface area is 185 Å². The minimum Gasteiger partial charge on any atom is -0.345 e. The highest BCUT2D eigenvalue weighted by atomic mass is 16.2. The molecule has 0 bridgehead atoms. The largest absolute Gasteiger partial charge is 0.345 e. The van der Waals surface area contributed by atoms with E-state index in [2.05, 4.69) is 21.9 Å². The van der Waals surface area contributed by atoms with Crippen LogP contribution in [0.1, 0.15) is 40.4 Å². The molecule has 2 aromatic rings. The second-order valence-electron chi connectivity index (χ2n) is 7.70. The van der Waals surface area contributed by atoms with Crippen LogP contribution in [-0.4, -0.2) is 47.7 Å². The molecule has 3 N–H and O–H groups in total. The van der Waals surface area contributed by atoms with Crippen LogP contribution in [0.4, 0.5) is 5.69 Å². The van der Waals surface area contributed by atoms with Crippen molar-refractivity contribution in [2.45, 2.75) is 24.9 Å². The van der Waals surface area contributed by atoms with Gasteiger partial charge in [-0.1, -0.05) is 30.2 Å². The first-order valence-corrected chi connectivity index (χ1v) is 10.3. The first-order valence-electron chi connectivity index (χ1n) is 10.3. The van der Waals surface area contributed by atoms with E-state index >= 15 is 0 Å². The minimum atomic E-state index is -0.745. The maximum atomic E-state index is 12.9. The monoisotopic (exact) mass is 430 g/mol. The van der Waals surface area contributed by atoms with Gasteiger partial charge >= 0.3 is 0 Å². The summed E-state index contributed by atoms with van der Waals surface area (Å²) >= 11 is 0. The van der Waals surface area contributed by atoms with Crippen molar-refractivity contribution in [1.29, 1.82) is 0 Å². The van der Waals surface area contributed by atoms with Gasteiger partial charge in [0, 0.05) is 22.9 Å². The molecule has 162 valence electrons. The second-order valence-corrected chi connectivity index (χ2v) is 7.70. The van der Waals surface area contributed by atoms with Gasteiger partial charge in [-0.25, -0.2) is 0 Å². The molecule has 4 rings (SSSR count). The van der Waals surface area contributed by atoms with Gasteiger partial charge in [-0.2, -0.15) is 0 Å². The highest BCUT2D eigenvalue weighted by Crippen LogP contribution is 2.41. The normalized spacial score (nSPS) is 16.7. The molecule has 0 spiro atoms. The minimum absolute atomic E-state index is 0.0520.